The zero-order valence-electron chi connectivity index (χ0n) is 8.35. The summed E-state index contributed by atoms with van der Waals surface area (Å²) in [5.41, 5.74) is -0.457. The molecule has 0 aromatic carbocycles. The third kappa shape index (κ3) is 3.22. The maximum atomic E-state index is 11.3. The average Bonchev–Trinajstić information content (AvgIpc) is 2.04. The molecular formula is C9H19NO2. The molecule has 0 aliphatic carbocycles. The summed E-state index contributed by atoms with van der Waals surface area (Å²) in [5.74, 6) is -0.0316. The molecule has 1 unspecified atom stereocenters. The summed E-state index contributed by atoms with van der Waals surface area (Å²) < 4.78 is 0. The van der Waals surface area contributed by atoms with Crippen molar-refractivity contribution in [3.8, 4) is 0 Å². The van der Waals surface area contributed by atoms with Crippen LogP contribution < -0.4 is 5.32 Å². The molecule has 0 aliphatic rings. The fraction of sp³-hybridized carbons (Fsp3) is 0.889. The normalized spacial score (nSPS) is 15.8. The Balaban J connectivity index is 4.12. The van der Waals surface area contributed by atoms with E-state index >= 15 is 0 Å². The van der Waals surface area contributed by atoms with Crippen LogP contribution in [0.15, 0.2) is 0 Å². The highest BCUT2D eigenvalue weighted by atomic mass is 16.3. The fourth-order valence-corrected chi connectivity index (χ4v) is 0.681. The molecule has 3 heteroatoms. The number of aliphatic hydroxyl groups is 1. The van der Waals surface area contributed by atoms with Gasteiger partial charge in [-0.15, -0.1) is 0 Å². The molecule has 72 valence electrons. The molecule has 0 spiro atoms. The highest BCUT2D eigenvalue weighted by Gasteiger charge is 2.23. The standard InChI is InChI=1S/C9H19NO2/c1-5-9(4,6-11)10-8(12)7(2)3/h7,11H,5-6H2,1-4H3,(H,10,12). The summed E-state index contributed by atoms with van der Waals surface area (Å²) in [6.07, 6.45) is 0.738. The molecule has 1 atom stereocenters. The van der Waals surface area contributed by atoms with Crippen LogP contribution in [0.4, 0.5) is 0 Å². The van der Waals surface area contributed by atoms with Crippen molar-refractivity contribution in [2.24, 2.45) is 5.92 Å². The Bertz CT molecular complexity index is 151. The first-order valence-electron chi connectivity index (χ1n) is 4.38. The van der Waals surface area contributed by atoms with Crippen molar-refractivity contribution in [2.45, 2.75) is 39.7 Å². The second-order valence-corrected chi connectivity index (χ2v) is 3.72. The van der Waals surface area contributed by atoms with Gasteiger partial charge in [-0.25, -0.2) is 0 Å². The minimum atomic E-state index is -0.457. The van der Waals surface area contributed by atoms with Crippen LogP contribution in [0.2, 0.25) is 0 Å². The Morgan fingerprint density at radius 2 is 2.08 bits per heavy atom. The Kier molecular flexibility index (Phi) is 4.24. The lowest BCUT2D eigenvalue weighted by molar-refractivity contribution is -0.126. The fourth-order valence-electron chi connectivity index (χ4n) is 0.681. The summed E-state index contributed by atoms with van der Waals surface area (Å²) >= 11 is 0. The Morgan fingerprint density at radius 3 is 2.33 bits per heavy atom. The van der Waals surface area contributed by atoms with Gasteiger partial charge in [0.15, 0.2) is 0 Å². The van der Waals surface area contributed by atoms with Crippen molar-refractivity contribution in [1.29, 1.82) is 0 Å². The zero-order chi connectivity index (χ0) is 9.78. The Hall–Kier alpha value is -0.570. The van der Waals surface area contributed by atoms with E-state index in [-0.39, 0.29) is 18.4 Å². The molecule has 0 saturated heterocycles. The maximum Gasteiger partial charge on any atom is 0.223 e. The van der Waals surface area contributed by atoms with Crippen LogP contribution in [0.1, 0.15) is 34.1 Å². The van der Waals surface area contributed by atoms with Crippen LogP contribution in [0.25, 0.3) is 0 Å². The van der Waals surface area contributed by atoms with Gasteiger partial charge in [0.05, 0.1) is 12.1 Å². The van der Waals surface area contributed by atoms with Gasteiger partial charge in [0, 0.05) is 5.92 Å². The van der Waals surface area contributed by atoms with Crippen molar-refractivity contribution in [2.75, 3.05) is 6.61 Å². The minimum Gasteiger partial charge on any atom is -0.394 e. The summed E-state index contributed by atoms with van der Waals surface area (Å²) in [6.45, 7) is 7.44. The molecule has 12 heavy (non-hydrogen) atoms. The third-order valence-electron chi connectivity index (χ3n) is 2.08. The second-order valence-electron chi connectivity index (χ2n) is 3.72. The highest BCUT2D eigenvalue weighted by molar-refractivity contribution is 5.78. The van der Waals surface area contributed by atoms with E-state index in [1.54, 1.807) is 0 Å². The highest BCUT2D eigenvalue weighted by Crippen LogP contribution is 2.08. The average molecular weight is 173 g/mol. The number of carbonyl (C=O) groups excluding carboxylic acids is 1. The number of nitrogens with one attached hydrogen (secondary N) is 1. The van der Waals surface area contributed by atoms with Gasteiger partial charge in [-0.1, -0.05) is 20.8 Å². The molecule has 0 aliphatic heterocycles. The van der Waals surface area contributed by atoms with Crippen LogP contribution in [-0.2, 0) is 4.79 Å². The molecule has 0 aromatic heterocycles. The van der Waals surface area contributed by atoms with Crippen molar-refractivity contribution in [1.82, 2.24) is 5.32 Å². The van der Waals surface area contributed by atoms with Crippen LogP contribution in [0.3, 0.4) is 0 Å². The molecule has 0 saturated carbocycles. The van der Waals surface area contributed by atoms with Crippen LogP contribution in [-0.4, -0.2) is 23.2 Å². The van der Waals surface area contributed by atoms with E-state index in [2.05, 4.69) is 5.32 Å². The maximum absolute atomic E-state index is 11.3. The van der Waals surface area contributed by atoms with Gasteiger partial charge in [-0.05, 0) is 13.3 Å². The van der Waals surface area contributed by atoms with E-state index in [0.717, 1.165) is 6.42 Å². The minimum absolute atomic E-state index is 0.00611. The first-order valence-corrected chi connectivity index (χ1v) is 4.38. The molecule has 2 N–H and O–H groups in total. The lowest BCUT2D eigenvalue weighted by Crippen LogP contribution is -2.49. The van der Waals surface area contributed by atoms with Gasteiger partial charge in [0.25, 0.3) is 0 Å². The van der Waals surface area contributed by atoms with Gasteiger partial charge in [0.1, 0.15) is 0 Å². The summed E-state index contributed by atoms with van der Waals surface area (Å²) in [7, 11) is 0. The first-order chi connectivity index (χ1) is 5.45. The van der Waals surface area contributed by atoms with Gasteiger partial charge >= 0.3 is 0 Å². The Morgan fingerprint density at radius 1 is 1.58 bits per heavy atom. The monoisotopic (exact) mass is 173 g/mol. The molecule has 0 aromatic rings. The number of carbonyl (C=O) groups is 1. The third-order valence-corrected chi connectivity index (χ3v) is 2.08. The van der Waals surface area contributed by atoms with Crippen LogP contribution >= 0.6 is 0 Å². The van der Waals surface area contributed by atoms with Crippen molar-refractivity contribution < 1.29 is 9.90 Å². The first kappa shape index (κ1) is 11.4. The van der Waals surface area contributed by atoms with E-state index in [1.807, 2.05) is 27.7 Å². The number of hydrogen-bond donors (Lipinski definition) is 2. The number of amides is 1. The van der Waals surface area contributed by atoms with E-state index < -0.39 is 5.54 Å². The predicted octanol–water partition coefficient (Wildman–Crippen LogP) is 0.920. The summed E-state index contributed by atoms with van der Waals surface area (Å²) in [5, 5.41) is 11.8. The number of hydrogen-bond acceptors (Lipinski definition) is 2. The topological polar surface area (TPSA) is 49.3 Å². The van der Waals surface area contributed by atoms with E-state index in [9.17, 15) is 4.79 Å². The van der Waals surface area contributed by atoms with E-state index in [0.29, 0.717) is 0 Å². The number of rotatable bonds is 4. The number of aliphatic hydroxyl groups excluding tert-OH is 1. The largest absolute Gasteiger partial charge is 0.394 e. The molecule has 0 fully saturated rings. The SMILES string of the molecule is CCC(C)(CO)NC(=O)C(C)C. The molecular weight excluding hydrogens is 154 g/mol. The lowest BCUT2D eigenvalue weighted by atomic mass is 9.99. The quantitative estimate of drug-likeness (QED) is 0.664. The lowest BCUT2D eigenvalue weighted by Gasteiger charge is -2.28. The summed E-state index contributed by atoms with van der Waals surface area (Å²) in [4.78, 5) is 11.3. The summed E-state index contributed by atoms with van der Waals surface area (Å²) in [6, 6.07) is 0. The molecule has 1 amide bonds. The molecule has 3 nitrogen and oxygen atoms in total. The second kappa shape index (κ2) is 4.45. The van der Waals surface area contributed by atoms with Crippen molar-refractivity contribution in [3.63, 3.8) is 0 Å². The van der Waals surface area contributed by atoms with Crippen LogP contribution in [0.5, 0.6) is 0 Å². The van der Waals surface area contributed by atoms with Crippen molar-refractivity contribution >= 4 is 5.91 Å². The van der Waals surface area contributed by atoms with Gasteiger partial charge in [-0.3, -0.25) is 4.79 Å². The van der Waals surface area contributed by atoms with E-state index in [1.165, 1.54) is 0 Å². The zero-order valence-corrected chi connectivity index (χ0v) is 8.35. The molecule has 0 radical (unpaired) electrons. The van der Waals surface area contributed by atoms with Gasteiger partial charge in [-0.2, -0.15) is 0 Å². The molecule has 0 rings (SSSR count). The van der Waals surface area contributed by atoms with E-state index in [4.69, 9.17) is 5.11 Å². The smallest absolute Gasteiger partial charge is 0.223 e. The Labute approximate surface area is 74.2 Å². The van der Waals surface area contributed by atoms with Gasteiger partial charge in [0.2, 0.25) is 5.91 Å². The van der Waals surface area contributed by atoms with Crippen LogP contribution in [0, 0.1) is 5.92 Å². The molecule has 0 heterocycles. The van der Waals surface area contributed by atoms with Gasteiger partial charge < -0.3 is 10.4 Å². The predicted molar refractivity (Wildman–Crippen MR) is 48.8 cm³/mol. The molecule has 0 bridgehead atoms. The van der Waals surface area contributed by atoms with Crippen molar-refractivity contribution in [3.05, 3.63) is 0 Å².